The Labute approximate surface area is 267 Å². The number of rotatable bonds is 1. The Balaban J connectivity index is 1.19. The maximum atomic E-state index is 6.45. The summed E-state index contributed by atoms with van der Waals surface area (Å²) in [6, 6.07) is 58.3. The molecule has 3 aliphatic rings. The van der Waals surface area contributed by atoms with Crippen molar-refractivity contribution in [2.75, 3.05) is 0 Å². The summed E-state index contributed by atoms with van der Waals surface area (Å²) in [6.07, 6.45) is 0. The van der Waals surface area contributed by atoms with Crippen LogP contribution in [0, 0.1) is 0 Å². The molecule has 1 heteroatoms. The molecule has 1 spiro atoms. The van der Waals surface area contributed by atoms with E-state index in [1.807, 2.05) is 0 Å². The van der Waals surface area contributed by atoms with E-state index in [0.717, 1.165) is 17.1 Å². The zero-order chi connectivity index (χ0) is 30.0. The van der Waals surface area contributed by atoms with Gasteiger partial charge in [0, 0.05) is 10.9 Å². The van der Waals surface area contributed by atoms with Gasteiger partial charge >= 0.3 is 0 Å². The monoisotopic (exact) mass is 582 g/mol. The van der Waals surface area contributed by atoms with Crippen molar-refractivity contribution >= 4 is 21.5 Å². The van der Waals surface area contributed by atoms with Crippen molar-refractivity contribution in [3.8, 4) is 56.0 Å². The Hall–Kier alpha value is -5.92. The molecule has 1 atom stereocenters. The predicted molar refractivity (Wildman–Crippen MR) is 189 cm³/mol. The third kappa shape index (κ3) is 2.91. The van der Waals surface area contributed by atoms with E-state index >= 15 is 0 Å². The zero-order valence-electron chi connectivity index (χ0n) is 24.9. The first kappa shape index (κ1) is 24.4. The number of ether oxygens (including phenoxy) is 1. The summed E-state index contributed by atoms with van der Waals surface area (Å²) in [5.74, 6) is 1.84. The number of benzene rings is 8. The molecule has 0 bridgehead atoms. The molecule has 8 aromatic rings. The van der Waals surface area contributed by atoms with Gasteiger partial charge in [-0.25, -0.2) is 0 Å². The Morgan fingerprint density at radius 3 is 1.96 bits per heavy atom. The maximum absolute atomic E-state index is 6.45. The van der Waals surface area contributed by atoms with Gasteiger partial charge in [-0.15, -0.1) is 0 Å². The first-order valence-corrected chi connectivity index (χ1v) is 16.0. The fraction of sp³-hybridized carbons (Fsp3) is 0.0222. The molecule has 1 heterocycles. The summed E-state index contributed by atoms with van der Waals surface area (Å²) in [5.41, 5.74) is 15.2. The average molecular weight is 583 g/mol. The van der Waals surface area contributed by atoms with Crippen LogP contribution in [0.3, 0.4) is 0 Å². The van der Waals surface area contributed by atoms with Crippen molar-refractivity contribution in [2.24, 2.45) is 0 Å². The number of hydrogen-bond donors (Lipinski definition) is 0. The minimum atomic E-state index is -0.389. The van der Waals surface area contributed by atoms with Gasteiger partial charge in [-0.2, -0.15) is 0 Å². The van der Waals surface area contributed by atoms with Crippen LogP contribution < -0.4 is 4.74 Å². The van der Waals surface area contributed by atoms with Gasteiger partial charge in [0.15, 0.2) is 0 Å². The first-order chi connectivity index (χ1) is 22.8. The second kappa shape index (κ2) is 8.62. The molecule has 11 rings (SSSR count). The summed E-state index contributed by atoms with van der Waals surface area (Å²) in [5, 5.41) is 4.98. The lowest BCUT2D eigenvalue weighted by Gasteiger charge is -2.31. The number of fused-ring (bicyclic) bond motifs is 14. The third-order valence-electron chi connectivity index (χ3n) is 10.7. The molecule has 8 aromatic carbocycles. The highest BCUT2D eigenvalue weighted by atomic mass is 16.5. The molecule has 1 unspecified atom stereocenters. The van der Waals surface area contributed by atoms with E-state index in [1.54, 1.807) is 0 Å². The molecule has 46 heavy (non-hydrogen) atoms. The van der Waals surface area contributed by atoms with Crippen LogP contribution in [0.15, 0.2) is 158 Å². The van der Waals surface area contributed by atoms with E-state index in [4.69, 9.17) is 4.74 Å². The van der Waals surface area contributed by atoms with Gasteiger partial charge < -0.3 is 4.74 Å². The maximum Gasteiger partial charge on any atom is 0.135 e. The second-order valence-electron chi connectivity index (χ2n) is 12.8. The SMILES string of the molecule is c1ccc2c(c1)-c1ccc(-c3ccc4c(c3)-c3cccc5cccc(c35)O4)cc1C21c2ccccc2-c2c1ccc1ccccc21. The lowest BCUT2D eigenvalue weighted by molar-refractivity contribution is 0.487. The fourth-order valence-corrected chi connectivity index (χ4v) is 8.83. The van der Waals surface area contributed by atoms with Crippen molar-refractivity contribution < 1.29 is 4.74 Å². The molecule has 0 N–H and O–H groups in total. The minimum absolute atomic E-state index is 0.389. The molecule has 1 nitrogen and oxygen atoms in total. The van der Waals surface area contributed by atoms with Gasteiger partial charge in [-0.1, -0.05) is 133 Å². The first-order valence-electron chi connectivity index (χ1n) is 16.0. The highest BCUT2D eigenvalue weighted by Crippen LogP contribution is 2.64. The average Bonchev–Trinajstić information content (AvgIpc) is 3.59. The van der Waals surface area contributed by atoms with Gasteiger partial charge in [0.1, 0.15) is 11.5 Å². The van der Waals surface area contributed by atoms with Crippen molar-refractivity contribution in [3.05, 3.63) is 180 Å². The van der Waals surface area contributed by atoms with E-state index in [0.29, 0.717) is 0 Å². The van der Waals surface area contributed by atoms with Crippen molar-refractivity contribution in [2.45, 2.75) is 5.41 Å². The zero-order valence-corrected chi connectivity index (χ0v) is 24.9. The van der Waals surface area contributed by atoms with Crippen LogP contribution >= 0.6 is 0 Å². The summed E-state index contributed by atoms with van der Waals surface area (Å²) in [7, 11) is 0. The summed E-state index contributed by atoms with van der Waals surface area (Å²) in [4.78, 5) is 0. The fourth-order valence-electron chi connectivity index (χ4n) is 8.83. The molecule has 0 fully saturated rings. The van der Waals surface area contributed by atoms with Crippen LogP contribution in [0.1, 0.15) is 22.3 Å². The van der Waals surface area contributed by atoms with Gasteiger partial charge in [0.2, 0.25) is 0 Å². The van der Waals surface area contributed by atoms with Crippen LogP contribution in [-0.4, -0.2) is 0 Å². The Bertz CT molecular complexity index is 2620. The molecular weight excluding hydrogens is 556 g/mol. The van der Waals surface area contributed by atoms with E-state index in [9.17, 15) is 0 Å². The number of hydrogen-bond acceptors (Lipinski definition) is 1. The quantitative estimate of drug-likeness (QED) is 0.187. The molecule has 1 aliphatic heterocycles. The van der Waals surface area contributed by atoms with Crippen molar-refractivity contribution in [3.63, 3.8) is 0 Å². The Kier molecular flexibility index (Phi) is 4.57. The topological polar surface area (TPSA) is 9.23 Å². The molecule has 0 amide bonds. The molecule has 0 aromatic heterocycles. The molecule has 0 radical (unpaired) electrons. The van der Waals surface area contributed by atoms with Gasteiger partial charge in [-0.3, -0.25) is 0 Å². The van der Waals surface area contributed by atoms with E-state index in [2.05, 4.69) is 158 Å². The third-order valence-corrected chi connectivity index (χ3v) is 10.7. The summed E-state index contributed by atoms with van der Waals surface area (Å²) in [6.45, 7) is 0. The Morgan fingerprint density at radius 2 is 1.04 bits per heavy atom. The van der Waals surface area contributed by atoms with Crippen LogP contribution in [0.4, 0.5) is 0 Å². The Morgan fingerprint density at radius 1 is 0.370 bits per heavy atom. The summed E-state index contributed by atoms with van der Waals surface area (Å²) < 4.78 is 6.45. The highest BCUT2D eigenvalue weighted by molar-refractivity contribution is 6.07. The van der Waals surface area contributed by atoms with Crippen molar-refractivity contribution in [1.29, 1.82) is 0 Å². The predicted octanol–water partition coefficient (Wildman–Crippen LogP) is 11.8. The second-order valence-corrected chi connectivity index (χ2v) is 12.8. The molecule has 212 valence electrons. The van der Waals surface area contributed by atoms with Crippen LogP contribution in [0.2, 0.25) is 0 Å². The van der Waals surface area contributed by atoms with Gasteiger partial charge in [0.25, 0.3) is 0 Å². The largest absolute Gasteiger partial charge is 0.456 e. The molecule has 0 saturated carbocycles. The van der Waals surface area contributed by atoms with E-state index in [1.165, 1.54) is 82.7 Å². The van der Waals surface area contributed by atoms with Gasteiger partial charge in [-0.05, 0) is 102 Å². The van der Waals surface area contributed by atoms with E-state index < -0.39 is 0 Å². The van der Waals surface area contributed by atoms with Crippen LogP contribution in [0.25, 0.3) is 66.1 Å². The highest BCUT2D eigenvalue weighted by Gasteiger charge is 2.52. The van der Waals surface area contributed by atoms with Crippen LogP contribution in [-0.2, 0) is 5.41 Å². The molecular formula is C45H26O. The van der Waals surface area contributed by atoms with Crippen LogP contribution in [0.5, 0.6) is 11.5 Å². The van der Waals surface area contributed by atoms with Crippen molar-refractivity contribution in [1.82, 2.24) is 0 Å². The lowest BCUT2D eigenvalue weighted by atomic mass is 9.70. The smallest absolute Gasteiger partial charge is 0.135 e. The molecule has 0 saturated heterocycles. The van der Waals surface area contributed by atoms with E-state index in [-0.39, 0.29) is 5.41 Å². The normalized spacial score (nSPS) is 16.1. The van der Waals surface area contributed by atoms with Gasteiger partial charge in [0.05, 0.1) is 5.41 Å². The minimum Gasteiger partial charge on any atom is -0.456 e. The molecule has 2 aliphatic carbocycles. The lowest BCUT2D eigenvalue weighted by Crippen LogP contribution is -2.25. The summed E-state index contributed by atoms with van der Waals surface area (Å²) >= 11 is 0. The standard InChI is InChI=1S/C45H26O/c1-2-12-31-27(9-1)20-23-39-44(31)35-14-4-6-17-38(35)45(39)37-16-5-3-13-32(37)33-22-19-30(26-40(33)45)29-21-24-41-36(25-29)34-15-7-10-28-11-8-18-42(46-41)43(28)34/h1-26H.